The number of hydrogen-bond acceptors (Lipinski definition) is 1. The van der Waals surface area contributed by atoms with Gasteiger partial charge in [0.25, 0.3) is 0 Å². The Hall–Kier alpha value is 0.250. The van der Waals surface area contributed by atoms with Gasteiger partial charge in [-0.05, 0) is 19.8 Å². The van der Waals surface area contributed by atoms with Gasteiger partial charge in [0.15, 0.2) is 0 Å². The second kappa shape index (κ2) is 4.20. The van der Waals surface area contributed by atoms with Crippen molar-refractivity contribution >= 4 is 11.6 Å². The third kappa shape index (κ3) is 2.89. The van der Waals surface area contributed by atoms with E-state index in [1.807, 2.05) is 6.92 Å². The van der Waals surface area contributed by atoms with Gasteiger partial charge in [-0.3, -0.25) is 0 Å². The minimum atomic E-state index is -0.108. The summed E-state index contributed by atoms with van der Waals surface area (Å²) < 4.78 is 5.46. The number of alkyl halides is 1. The van der Waals surface area contributed by atoms with E-state index in [0.717, 1.165) is 0 Å². The zero-order chi connectivity index (χ0) is 7.40. The van der Waals surface area contributed by atoms with E-state index in [1.165, 1.54) is 32.1 Å². The predicted molar refractivity (Wildman–Crippen MR) is 43.3 cm³/mol. The van der Waals surface area contributed by atoms with Gasteiger partial charge in [-0.15, -0.1) is 0 Å². The van der Waals surface area contributed by atoms with Crippen LogP contribution in [0.1, 0.15) is 39.0 Å². The van der Waals surface area contributed by atoms with Crippen LogP contribution in [0.15, 0.2) is 0 Å². The summed E-state index contributed by atoms with van der Waals surface area (Å²) in [6.07, 6.45) is 6.86. The van der Waals surface area contributed by atoms with E-state index in [0.29, 0.717) is 6.10 Å². The van der Waals surface area contributed by atoms with E-state index in [4.69, 9.17) is 16.3 Å². The zero-order valence-corrected chi connectivity index (χ0v) is 7.23. The molecule has 0 N–H and O–H groups in total. The van der Waals surface area contributed by atoms with Crippen molar-refractivity contribution in [2.45, 2.75) is 50.7 Å². The van der Waals surface area contributed by atoms with E-state index < -0.39 is 0 Å². The first-order chi connectivity index (χ1) is 4.79. The number of ether oxygens (including phenoxy) is 1. The maximum Gasteiger partial charge on any atom is 0.128 e. The Morgan fingerprint density at radius 1 is 1.30 bits per heavy atom. The van der Waals surface area contributed by atoms with Gasteiger partial charge in [0.05, 0.1) is 6.10 Å². The van der Waals surface area contributed by atoms with Crippen molar-refractivity contribution in [3.8, 4) is 0 Å². The average molecular weight is 163 g/mol. The highest BCUT2D eigenvalue weighted by atomic mass is 35.5. The van der Waals surface area contributed by atoms with Gasteiger partial charge in [-0.1, -0.05) is 30.9 Å². The van der Waals surface area contributed by atoms with Crippen molar-refractivity contribution in [3.63, 3.8) is 0 Å². The maximum atomic E-state index is 5.69. The van der Waals surface area contributed by atoms with Crippen molar-refractivity contribution < 1.29 is 4.74 Å². The molecule has 0 radical (unpaired) electrons. The Bertz CT molecular complexity index is 87.3. The SMILES string of the molecule is CC(Cl)OC1CCCCC1. The molecule has 0 amide bonds. The molecule has 1 nitrogen and oxygen atoms in total. The molecule has 60 valence electrons. The van der Waals surface area contributed by atoms with Crippen LogP contribution >= 0.6 is 11.6 Å². The molecule has 0 aromatic rings. The van der Waals surface area contributed by atoms with E-state index >= 15 is 0 Å². The van der Waals surface area contributed by atoms with Crippen LogP contribution < -0.4 is 0 Å². The van der Waals surface area contributed by atoms with Gasteiger partial charge in [0.1, 0.15) is 5.56 Å². The first-order valence-corrected chi connectivity index (χ1v) is 4.52. The van der Waals surface area contributed by atoms with E-state index in [1.54, 1.807) is 0 Å². The molecule has 0 heterocycles. The third-order valence-electron chi connectivity index (χ3n) is 1.93. The number of rotatable bonds is 2. The summed E-state index contributed by atoms with van der Waals surface area (Å²) in [5.74, 6) is 0. The molecule has 0 spiro atoms. The summed E-state index contributed by atoms with van der Waals surface area (Å²) in [6.45, 7) is 1.89. The predicted octanol–water partition coefficient (Wildman–Crippen LogP) is 2.92. The largest absolute Gasteiger partial charge is 0.360 e. The third-order valence-corrected chi connectivity index (χ3v) is 2.04. The number of hydrogen-bond donors (Lipinski definition) is 0. The summed E-state index contributed by atoms with van der Waals surface area (Å²) in [4.78, 5) is 0. The molecule has 0 aliphatic heterocycles. The monoisotopic (exact) mass is 162 g/mol. The molecule has 1 aliphatic rings. The summed E-state index contributed by atoms with van der Waals surface area (Å²) >= 11 is 5.69. The Balaban J connectivity index is 2.13. The fourth-order valence-corrected chi connectivity index (χ4v) is 1.61. The molecule has 0 aromatic carbocycles. The second-order valence-corrected chi connectivity index (χ2v) is 3.55. The van der Waals surface area contributed by atoms with Crippen molar-refractivity contribution in [1.29, 1.82) is 0 Å². The molecular formula is C8H15ClO. The zero-order valence-electron chi connectivity index (χ0n) is 6.48. The standard InChI is InChI=1S/C8H15ClO/c1-7(9)10-8-5-3-2-4-6-8/h7-8H,2-6H2,1H3. The Morgan fingerprint density at radius 2 is 1.90 bits per heavy atom. The Labute approximate surface area is 67.7 Å². The molecule has 1 aliphatic carbocycles. The average Bonchev–Trinajstić information content (AvgIpc) is 1.88. The van der Waals surface area contributed by atoms with Gasteiger partial charge in [-0.2, -0.15) is 0 Å². The smallest absolute Gasteiger partial charge is 0.128 e. The molecule has 2 heteroatoms. The molecule has 1 saturated carbocycles. The normalized spacial score (nSPS) is 24.6. The van der Waals surface area contributed by atoms with Gasteiger partial charge in [0.2, 0.25) is 0 Å². The summed E-state index contributed by atoms with van der Waals surface area (Å²) in [5.41, 5.74) is -0.108. The lowest BCUT2D eigenvalue weighted by molar-refractivity contribution is 0.0165. The maximum absolute atomic E-state index is 5.69. The van der Waals surface area contributed by atoms with Crippen LogP contribution in [-0.4, -0.2) is 11.7 Å². The summed E-state index contributed by atoms with van der Waals surface area (Å²) in [7, 11) is 0. The molecule has 10 heavy (non-hydrogen) atoms. The number of halogens is 1. The fraction of sp³-hybridized carbons (Fsp3) is 1.00. The van der Waals surface area contributed by atoms with Crippen LogP contribution in [0.3, 0.4) is 0 Å². The van der Waals surface area contributed by atoms with Gasteiger partial charge < -0.3 is 4.74 Å². The molecule has 1 unspecified atom stereocenters. The first kappa shape index (κ1) is 8.35. The van der Waals surface area contributed by atoms with Crippen molar-refractivity contribution in [1.82, 2.24) is 0 Å². The van der Waals surface area contributed by atoms with Crippen LogP contribution in [-0.2, 0) is 4.74 Å². The van der Waals surface area contributed by atoms with Crippen molar-refractivity contribution in [3.05, 3.63) is 0 Å². The van der Waals surface area contributed by atoms with Gasteiger partial charge in [-0.25, -0.2) is 0 Å². The van der Waals surface area contributed by atoms with Crippen LogP contribution in [0.25, 0.3) is 0 Å². The van der Waals surface area contributed by atoms with Crippen molar-refractivity contribution in [2.24, 2.45) is 0 Å². The molecule has 1 fully saturated rings. The summed E-state index contributed by atoms with van der Waals surface area (Å²) in [6, 6.07) is 0. The lowest BCUT2D eigenvalue weighted by atomic mass is 9.98. The van der Waals surface area contributed by atoms with Crippen LogP contribution in [0.4, 0.5) is 0 Å². The van der Waals surface area contributed by atoms with E-state index in [2.05, 4.69) is 0 Å². The highest BCUT2D eigenvalue weighted by molar-refractivity contribution is 6.19. The quantitative estimate of drug-likeness (QED) is 0.568. The second-order valence-electron chi connectivity index (χ2n) is 2.94. The molecular weight excluding hydrogens is 148 g/mol. The van der Waals surface area contributed by atoms with E-state index in [-0.39, 0.29) is 5.56 Å². The highest BCUT2D eigenvalue weighted by Crippen LogP contribution is 2.21. The fourth-order valence-electron chi connectivity index (χ4n) is 1.47. The lowest BCUT2D eigenvalue weighted by Gasteiger charge is -2.22. The van der Waals surface area contributed by atoms with E-state index in [9.17, 15) is 0 Å². The minimum absolute atomic E-state index is 0.108. The molecule has 0 aromatic heterocycles. The Morgan fingerprint density at radius 3 is 2.40 bits per heavy atom. The first-order valence-electron chi connectivity index (χ1n) is 4.08. The van der Waals surface area contributed by atoms with Gasteiger partial charge in [0, 0.05) is 0 Å². The minimum Gasteiger partial charge on any atom is -0.360 e. The van der Waals surface area contributed by atoms with Crippen LogP contribution in [0.5, 0.6) is 0 Å². The molecule has 1 rings (SSSR count). The van der Waals surface area contributed by atoms with Crippen molar-refractivity contribution in [2.75, 3.05) is 0 Å². The van der Waals surface area contributed by atoms with Crippen LogP contribution in [0.2, 0.25) is 0 Å². The topological polar surface area (TPSA) is 9.23 Å². The Kier molecular flexibility index (Phi) is 3.50. The van der Waals surface area contributed by atoms with Gasteiger partial charge >= 0.3 is 0 Å². The lowest BCUT2D eigenvalue weighted by Crippen LogP contribution is -2.19. The highest BCUT2D eigenvalue weighted by Gasteiger charge is 2.14. The molecule has 1 atom stereocenters. The molecule has 0 saturated heterocycles. The molecule has 0 bridgehead atoms. The summed E-state index contributed by atoms with van der Waals surface area (Å²) in [5, 5.41) is 0. The van der Waals surface area contributed by atoms with Crippen LogP contribution in [0, 0.1) is 0 Å².